The smallest absolute Gasteiger partial charge is 0.0558 e. The second kappa shape index (κ2) is 7.84. The molecule has 0 unspecified atom stereocenters. The molecular weight excluding hydrogens is 274 g/mol. The van der Waals surface area contributed by atoms with Crippen LogP contribution in [0.15, 0.2) is 18.2 Å². The molecule has 0 aromatic heterocycles. The van der Waals surface area contributed by atoms with Gasteiger partial charge >= 0.3 is 0 Å². The lowest BCUT2D eigenvalue weighted by Gasteiger charge is -2.26. The van der Waals surface area contributed by atoms with Gasteiger partial charge in [0.25, 0.3) is 0 Å². The first-order valence-electron chi connectivity index (χ1n) is 7.26. The van der Waals surface area contributed by atoms with Crippen molar-refractivity contribution in [2.75, 3.05) is 51.3 Å². The summed E-state index contributed by atoms with van der Waals surface area (Å²) in [4.78, 5) is 4.73. The standard InChI is InChI=1S/C15H24ClN3O/c1-17-12-13-14(16)4-2-5-15(13)19-7-3-6-18(8-9-19)10-11-20/h2,4-5,17,20H,3,6-12H2,1H3. The van der Waals surface area contributed by atoms with Crippen LogP contribution in [0.1, 0.15) is 12.0 Å². The number of benzene rings is 1. The normalized spacial score (nSPS) is 17.2. The summed E-state index contributed by atoms with van der Waals surface area (Å²) >= 11 is 6.34. The minimum Gasteiger partial charge on any atom is -0.395 e. The highest BCUT2D eigenvalue weighted by Gasteiger charge is 2.17. The average molecular weight is 298 g/mol. The molecule has 0 spiro atoms. The summed E-state index contributed by atoms with van der Waals surface area (Å²) < 4.78 is 0. The number of nitrogens with one attached hydrogen (secondary N) is 1. The summed E-state index contributed by atoms with van der Waals surface area (Å²) in [6.45, 7) is 5.86. The topological polar surface area (TPSA) is 38.7 Å². The Balaban J connectivity index is 2.13. The first-order chi connectivity index (χ1) is 9.76. The Labute approximate surface area is 126 Å². The van der Waals surface area contributed by atoms with Crippen LogP contribution in [0.3, 0.4) is 0 Å². The summed E-state index contributed by atoms with van der Waals surface area (Å²) in [6.07, 6.45) is 1.12. The number of halogens is 1. The molecule has 1 fully saturated rings. The van der Waals surface area contributed by atoms with Crippen LogP contribution in [-0.2, 0) is 6.54 Å². The lowest BCUT2D eigenvalue weighted by molar-refractivity contribution is 0.204. The lowest BCUT2D eigenvalue weighted by Crippen LogP contribution is -2.33. The third kappa shape index (κ3) is 3.85. The minimum atomic E-state index is 0.238. The molecule has 0 atom stereocenters. The predicted octanol–water partition coefficient (Wildman–Crippen LogP) is 1.56. The maximum Gasteiger partial charge on any atom is 0.0558 e. The van der Waals surface area contributed by atoms with Crippen molar-refractivity contribution < 1.29 is 5.11 Å². The van der Waals surface area contributed by atoms with Crippen LogP contribution < -0.4 is 10.2 Å². The van der Waals surface area contributed by atoms with Gasteiger partial charge in [0.05, 0.1) is 6.61 Å². The second-order valence-corrected chi connectivity index (χ2v) is 5.58. The molecule has 2 rings (SSSR count). The van der Waals surface area contributed by atoms with E-state index in [0.717, 1.165) is 50.7 Å². The average Bonchev–Trinajstić information content (AvgIpc) is 2.67. The molecule has 1 aromatic rings. The molecule has 1 aliphatic rings. The molecule has 1 heterocycles. The molecule has 0 radical (unpaired) electrons. The van der Waals surface area contributed by atoms with Crippen LogP contribution in [0.5, 0.6) is 0 Å². The van der Waals surface area contributed by atoms with Gasteiger partial charge in [-0.3, -0.25) is 4.90 Å². The zero-order valence-electron chi connectivity index (χ0n) is 12.1. The Kier molecular flexibility index (Phi) is 6.10. The van der Waals surface area contributed by atoms with Gasteiger partial charge in [0.1, 0.15) is 0 Å². The monoisotopic (exact) mass is 297 g/mol. The van der Waals surface area contributed by atoms with Crippen LogP contribution in [0.2, 0.25) is 5.02 Å². The van der Waals surface area contributed by atoms with Crippen LogP contribution in [-0.4, -0.2) is 56.4 Å². The highest BCUT2D eigenvalue weighted by atomic mass is 35.5. The van der Waals surface area contributed by atoms with Gasteiger partial charge in [0.2, 0.25) is 0 Å². The van der Waals surface area contributed by atoms with Crippen molar-refractivity contribution >= 4 is 17.3 Å². The van der Waals surface area contributed by atoms with Gasteiger partial charge in [-0.2, -0.15) is 0 Å². The van der Waals surface area contributed by atoms with Crippen LogP contribution in [0.4, 0.5) is 5.69 Å². The summed E-state index contributed by atoms with van der Waals surface area (Å²) in [5, 5.41) is 13.1. The van der Waals surface area contributed by atoms with Crippen molar-refractivity contribution in [3.05, 3.63) is 28.8 Å². The number of aliphatic hydroxyl groups is 1. The number of β-amino-alcohol motifs (C(OH)–C–C–N with tert-alkyl or cyclic N) is 1. The second-order valence-electron chi connectivity index (χ2n) is 5.17. The molecule has 0 bridgehead atoms. The fraction of sp³-hybridized carbons (Fsp3) is 0.600. The molecule has 1 saturated heterocycles. The minimum absolute atomic E-state index is 0.238. The van der Waals surface area contributed by atoms with E-state index >= 15 is 0 Å². The Hall–Kier alpha value is -0.810. The Morgan fingerprint density at radius 3 is 2.85 bits per heavy atom. The highest BCUT2D eigenvalue weighted by Crippen LogP contribution is 2.28. The van der Waals surface area contributed by atoms with Gasteiger partial charge in [-0.25, -0.2) is 0 Å². The first-order valence-corrected chi connectivity index (χ1v) is 7.64. The van der Waals surface area contributed by atoms with Crippen molar-refractivity contribution in [1.82, 2.24) is 10.2 Å². The van der Waals surface area contributed by atoms with E-state index in [1.165, 1.54) is 11.3 Å². The molecule has 0 saturated carbocycles. The highest BCUT2D eigenvalue weighted by molar-refractivity contribution is 6.31. The zero-order chi connectivity index (χ0) is 14.4. The number of anilines is 1. The van der Waals surface area contributed by atoms with Gasteiger partial charge in [0, 0.05) is 49.0 Å². The maximum absolute atomic E-state index is 9.06. The van der Waals surface area contributed by atoms with Crippen LogP contribution in [0, 0.1) is 0 Å². The van der Waals surface area contributed by atoms with Crippen molar-refractivity contribution in [2.24, 2.45) is 0 Å². The molecule has 5 heteroatoms. The molecule has 4 nitrogen and oxygen atoms in total. The third-order valence-electron chi connectivity index (χ3n) is 3.79. The molecule has 1 aromatic carbocycles. The summed E-state index contributed by atoms with van der Waals surface area (Å²) in [5.41, 5.74) is 2.41. The Bertz CT molecular complexity index is 428. The predicted molar refractivity (Wildman–Crippen MR) is 84.6 cm³/mol. The van der Waals surface area contributed by atoms with Gasteiger partial charge in [-0.05, 0) is 32.1 Å². The Morgan fingerprint density at radius 2 is 2.10 bits per heavy atom. The summed E-state index contributed by atoms with van der Waals surface area (Å²) in [6, 6.07) is 6.13. The van der Waals surface area contributed by atoms with E-state index < -0.39 is 0 Å². The maximum atomic E-state index is 9.06. The molecular formula is C15H24ClN3O. The molecule has 112 valence electrons. The fourth-order valence-electron chi connectivity index (χ4n) is 2.77. The summed E-state index contributed by atoms with van der Waals surface area (Å²) in [7, 11) is 1.94. The fourth-order valence-corrected chi connectivity index (χ4v) is 3.01. The molecule has 0 amide bonds. The van der Waals surface area contributed by atoms with Crippen LogP contribution >= 0.6 is 11.6 Å². The van der Waals surface area contributed by atoms with Crippen molar-refractivity contribution in [3.63, 3.8) is 0 Å². The molecule has 20 heavy (non-hydrogen) atoms. The number of hydrogen-bond donors (Lipinski definition) is 2. The SMILES string of the molecule is CNCc1c(Cl)cccc1N1CCCN(CCO)CC1. The molecule has 1 aliphatic heterocycles. The van der Waals surface area contributed by atoms with E-state index in [1.54, 1.807) is 0 Å². The van der Waals surface area contributed by atoms with Gasteiger partial charge < -0.3 is 15.3 Å². The van der Waals surface area contributed by atoms with Crippen molar-refractivity contribution in [1.29, 1.82) is 0 Å². The quantitative estimate of drug-likeness (QED) is 0.865. The first kappa shape index (κ1) is 15.6. The lowest BCUT2D eigenvalue weighted by atomic mass is 10.1. The third-order valence-corrected chi connectivity index (χ3v) is 4.15. The molecule has 0 aliphatic carbocycles. The van der Waals surface area contributed by atoms with Gasteiger partial charge in [-0.15, -0.1) is 0 Å². The number of rotatable bonds is 5. The van der Waals surface area contributed by atoms with Gasteiger partial charge in [0.15, 0.2) is 0 Å². The van der Waals surface area contributed by atoms with E-state index in [0.29, 0.717) is 0 Å². The Morgan fingerprint density at radius 1 is 1.25 bits per heavy atom. The van der Waals surface area contributed by atoms with Gasteiger partial charge in [-0.1, -0.05) is 17.7 Å². The number of nitrogens with zero attached hydrogens (tertiary/aromatic N) is 2. The van der Waals surface area contributed by atoms with Crippen LogP contribution in [0.25, 0.3) is 0 Å². The van der Waals surface area contributed by atoms with Crippen molar-refractivity contribution in [3.8, 4) is 0 Å². The van der Waals surface area contributed by atoms with Crippen molar-refractivity contribution in [2.45, 2.75) is 13.0 Å². The zero-order valence-corrected chi connectivity index (χ0v) is 12.9. The molecule has 2 N–H and O–H groups in total. The number of aliphatic hydroxyl groups excluding tert-OH is 1. The largest absolute Gasteiger partial charge is 0.395 e. The number of hydrogen-bond acceptors (Lipinski definition) is 4. The van der Waals surface area contributed by atoms with E-state index in [1.807, 2.05) is 19.2 Å². The van der Waals surface area contributed by atoms with E-state index in [4.69, 9.17) is 16.7 Å². The van der Waals surface area contributed by atoms with E-state index in [9.17, 15) is 0 Å². The summed E-state index contributed by atoms with van der Waals surface area (Å²) in [5.74, 6) is 0. The van der Waals surface area contributed by atoms with E-state index in [-0.39, 0.29) is 6.61 Å². The van der Waals surface area contributed by atoms with E-state index in [2.05, 4.69) is 21.2 Å².